The fourth-order valence-electron chi connectivity index (χ4n) is 4.03. The Bertz CT molecular complexity index is 564. The Hall–Kier alpha value is -0.900. The highest BCUT2D eigenvalue weighted by Crippen LogP contribution is 2.67. The van der Waals surface area contributed by atoms with Gasteiger partial charge in [0.2, 0.25) is 0 Å². The third kappa shape index (κ3) is 1.77. The van der Waals surface area contributed by atoms with Crippen LogP contribution in [-0.2, 0) is 4.79 Å². The summed E-state index contributed by atoms with van der Waals surface area (Å²) in [6, 6.07) is 1.97. The maximum atomic E-state index is 12.7. The van der Waals surface area contributed by atoms with E-state index in [0.29, 0.717) is 5.78 Å². The van der Waals surface area contributed by atoms with E-state index in [1.54, 1.807) is 11.8 Å². The minimum Gasteiger partial charge on any atom is -0.298 e. The molecule has 0 saturated heterocycles. The van der Waals surface area contributed by atoms with Crippen molar-refractivity contribution in [1.29, 1.82) is 0 Å². The Balaban J connectivity index is 1.94. The number of hydrogen-bond donors (Lipinski definition) is 0. The molecule has 1 heterocycles. The molecular formula is C16H22N2OS. The normalized spacial score (nSPS) is 34.8. The zero-order valence-electron chi connectivity index (χ0n) is 12.9. The standard InChI is InChI=1S/C16H22N2OS/c1-9-8-10(2)18-14(17-9)20-13-12(19)11-6-7-16(13,5)15(11,3)4/h8,11,13H,6-7H2,1-5H3/t11-,13-,16-/m1/s1. The molecule has 0 amide bonds. The van der Waals surface area contributed by atoms with Gasteiger partial charge in [-0.15, -0.1) is 0 Å². The van der Waals surface area contributed by atoms with Gasteiger partial charge >= 0.3 is 0 Å². The highest BCUT2D eigenvalue weighted by Gasteiger charge is 2.66. The number of aromatic nitrogens is 2. The number of carbonyl (C=O) groups excluding carboxylic acids is 1. The number of ketones is 1. The van der Waals surface area contributed by atoms with Crippen molar-refractivity contribution in [2.45, 2.75) is 57.9 Å². The van der Waals surface area contributed by atoms with Crippen molar-refractivity contribution >= 4 is 17.5 Å². The van der Waals surface area contributed by atoms with Gasteiger partial charge in [0.15, 0.2) is 5.16 Å². The van der Waals surface area contributed by atoms with E-state index in [0.717, 1.165) is 29.4 Å². The van der Waals surface area contributed by atoms with Gasteiger partial charge in [-0.3, -0.25) is 4.79 Å². The van der Waals surface area contributed by atoms with Crippen LogP contribution in [0.5, 0.6) is 0 Å². The highest BCUT2D eigenvalue weighted by molar-refractivity contribution is 8.00. The second kappa shape index (κ2) is 4.30. The third-order valence-corrected chi connectivity index (χ3v) is 7.04. The van der Waals surface area contributed by atoms with Gasteiger partial charge in [0.1, 0.15) is 5.78 Å². The third-order valence-electron chi connectivity index (χ3n) is 5.66. The number of hydrogen-bond acceptors (Lipinski definition) is 4. The molecular weight excluding hydrogens is 268 g/mol. The molecule has 3 rings (SSSR count). The maximum Gasteiger partial charge on any atom is 0.188 e. The molecule has 2 aliphatic carbocycles. The van der Waals surface area contributed by atoms with Gasteiger partial charge in [-0.05, 0) is 43.6 Å². The van der Waals surface area contributed by atoms with Crippen LogP contribution in [0.4, 0.5) is 0 Å². The first-order valence-corrected chi connectivity index (χ1v) is 8.16. The fourth-order valence-corrected chi connectivity index (χ4v) is 5.59. The monoisotopic (exact) mass is 290 g/mol. The van der Waals surface area contributed by atoms with Crippen LogP contribution in [-0.4, -0.2) is 21.0 Å². The average molecular weight is 290 g/mol. The fraction of sp³-hybridized carbons (Fsp3) is 0.688. The van der Waals surface area contributed by atoms with E-state index < -0.39 is 0 Å². The first-order valence-electron chi connectivity index (χ1n) is 7.28. The van der Waals surface area contributed by atoms with E-state index in [-0.39, 0.29) is 22.0 Å². The minimum atomic E-state index is 0.0115. The lowest BCUT2D eigenvalue weighted by Gasteiger charge is -2.37. The maximum absolute atomic E-state index is 12.7. The number of Topliss-reactive ketones (excluding diaryl/α,β-unsaturated/α-hetero) is 1. The average Bonchev–Trinajstić information content (AvgIpc) is 2.62. The van der Waals surface area contributed by atoms with Crippen LogP contribution in [0.15, 0.2) is 11.2 Å². The van der Waals surface area contributed by atoms with E-state index in [4.69, 9.17) is 0 Å². The number of fused-ring (bicyclic) bond motifs is 2. The second-order valence-corrected chi connectivity index (χ2v) is 8.14. The predicted molar refractivity (Wildman–Crippen MR) is 80.8 cm³/mol. The van der Waals surface area contributed by atoms with Crippen molar-refractivity contribution < 1.29 is 4.79 Å². The van der Waals surface area contributed by atoms with E-state index in [9.17, 15) is 4.79 Å². The quantitative estimate of drug-likeness (QED) is 0.781. The van der Waals surface area contributed by atoms with E-state index in [1.165, 1.54) is 0 Å². The second-order valence-electron chi connectivity index (χ2n) is 7.06. The first-order chi connectivity index (χ1) is 9.25. The van der Waals surface area contributed by atoms with Gasteiger partial charge in [-0.1, -0.05) is 32.5 Å². The molecule has 2 bridgehead atoms. The molecule has 0 radical (unpaired) electrons. The van der Waals surface area contributed by atoms with Gasteiger partial charge in [-0.2, -0.15) is 0 Å². The summed E-state index contributed by atoms with van der Waals surface area (Å²) in [4.78, 5) is 21.7. The molecule has 0 N–H and O–H groups in total. The van der Waals surface area contributed by atoms with Gasteiger partial charge in [0.25, 0.3) is 0 Å². The Kier molecular flexibility index (Phi) is 3.02. The van der Waals surface area contributed by atoms with Crippen LogP contribution in [0.2, 0.25) is 0 Å². The number of rotatable bonds is 2. The van der Waals surface area contributed by atoms with Crippen LogP contribution in [0.1, 0.15) is 45.0 Å². The summed E-state index contributed by atoms with van der Waals surface area (Å²) in [6.07, 6.45) is 2.19. The zero-order chi connectivity index (χ0) is 14.7. The topological polar surface area (TPSA) is 42.9 Å². The van der Waals surface area contributed by atoms with Crippen molar-refractivity contribution in [3.8, 4) is 0 Å². The molecule has 2 aliphatic rings. The Morgan fingerprint density at radius 2 is 1.80 bits per heavy atom. The molecule has 3 nitrogen and oxygen atoms in total. The van der Waals surface area contributed by atoms with Crippen LogP contribution in [0.3, 0.4) is 0 Å². The van der Waals surface area contributed by atoms with Crippen LogP contribution in [0.25, 0.3) is 0 Å². The molecule has 0 spiro atoms. The van der Waals surface area contributed by atoms with E-state index in [1.807, 2.05) is 19.9 Å². The zero-order valence-corrected chi connectivity index (χ0v) is 13.7. The molecule has 4 heteroatoms. The number of thioether (sulfide) groups is 1. The van der Waals surface area contributed by atoms with Gasteiger partial charge < -0.3 is 0 Å². The SMILES string of the molecule is Cc1cc(C)nc(S[C@@H]2C(=O)[C@H]3CC[C@@]2(C)C3(C)C)n1. The lowest BCUT2D eigenvalue weighted by Crippen LogP contribution is -2.35. The van der Waals surface area contributed by atoms with Gasteiger partial charge in [-0.25, -0.2) is 9.97 Å². The molecule has 0 aromatic carbocycles. The van der Waals surface area contributed by atoms with Crippen LogP contribution < -0.4 is 0 Å². The van der Waals surface area contributed by atoms with Crippen LogP contribution in [0, 0.1) is 30.6 Å². The summed E-state index contributed by atoms with van der Waals surface area (Å²) >= 11 is 1.58. The summed E-state index contributed by atoms with van der Waals surface area (Å²) in [5.41, 5.74) is 2.11. The summed E-state index contributed by atoms with van der Waals surface area (Å²) in [7, 11) is 0. The van der Waals surface area contributed by atoms with Crippen molar-refractivity contribution in [3.05, 3.63) is 17.5 Å². The number of nitrogens with zero attached hydrogens (tertiary/aromatic N) is 2. The van der Waals surface area contributed by atoms with Crippen molar-refractivity contribution in [1.82, 2.24) is 9.97 Å². The molecule has 1 aromatic heterocycles. The lowest BCUT2D eigenvalue weighted by atomic mass is 9.71. The molecule has 3 atom stereocenters. The lowest BCUT2D eigenvalue weighted by molar-refractivity contribution is -0.122. The van der Waals surface area contributed by atoms with Crippen molar-refractivity contribution in [3.63, 3.8) is 0 Å². The molecule has 0 unspecified atom stereocenters. The van der Waals surface area contributed by atoms with Crippen LogP contribution >= 0.6 is 11.8 Å². The molecule has 108 valence electrons. The van der Waals surface area contributed by atoms with Gasteiger partial charge in [0, 0.05) is 17.3 Å². The number of carbonyl (C=O) groups is 1. The van der Waals surface area contributed by atoms with Crippen molar-refractivity contribution in [2.75, 3.05) is 0 Å². The summed E-state index contributed by atoms with van der Waals surface area (Å²) < 4.78 is 0. The molecule has 2 saturated carbocycles. The largest absolute Gasteiger partial charge is 0.298 e. The van der Waals surface area contributed by atoms with E-state index >= 15 is 0 Å². The molecule has 20 heavy (non-hydrogen) atoms. The van der Waals surface area contributed by atoms with E-state index in [2.05, 4.69) is 30.7 Å². The van der Waals surface area contributed by atoms with Crippen molar-refractivity contribution in [2.24, 2.45) is 16.7 Å². The minimum absolute atomic E-state index is 0.0115. The summed E-state index contributed by atoms with van der Waals surface area (Å²) in [5, 5.41) is 0.767. The molecule has 0 aliphatic heterocycles. The number of aryl methyl sites for hydroxylation is 2. The molecule has 1 aromatic rings. The Labute approximate surface area is 125 Å². The Morgan fingerprint density at radius 1 is 1.20 bits per heavy atom. The Morgan fingerprint density at radius 3 is 2.30 bits per heavy atom. The highest BCUT2D eigenvalue weighted by atomic mass is 32.2. The summed E-state index contributed by atoms with van der Waals surface area (Å²) in [5.74, 6) is 0.632. The predicted octanol–water partition coefficient (Wildman–Crippen LogP) is 3.58. The molecule has 2 fully saturated rings. The first kappa shape index (κ1) is 14.1. The summed E-state index contributed by atoms with van der Waals surface area (Å²) in [6.45, 7) is 10.7. The smallest absolute Gasteiger partial charge is 0.188 e. The van der Waals surface area contributed by atoms with Gasteiger partial charge in [0.05, 0.1) is 5.25 Å².